The van der Waals surface area contributed by atoms with E-state index in [1.807, 2.05) is 53.4 Å². The molecule has 3 aliphatic heterocycles. The lowest BCUT2D eigenvalue weighted by atomic mass is 9.53. The summed E-state index contributed by atoms with van der Waals surface area (Å²) in [6.07, 6.45) is 3.42. The maximum absolute atomic E-state index is 13.5. The van der Waals surface area contributed by atoms with Crippen LogP contribution in [0.4, 0.5) is 5.69 Å². The summed E-state index contributed by atoms with van der Waals surface area (Å²) in [6.45, 7) is 2.11. The molecule has 4 aliphatic rings. The number of Topliss-reactive ketones (excluding diaryl/α,β-unsaturated/α-hetero) is 1. The molecule has 0 aromatic heterocycles. The lowest BCUT2D eigenvalue weighted by Crippen LogP contribution is -2.59. The summed E-state index contributed by atoms with van der Waals surface area (Å²) in [4.78, 5) is 28.8. The van der Waals surface area contributed by atoms with Crippen LogP contribution in [-0.2, 0) is 9.53 Å². The van der Waals surface area contributed by atoms with Gasteiger partial charge in [-0.15, -0.1) is 0 Å². The van der Waals surface area contributed by atoms with Crippen molar-refractivity contribution in [2.45, 2.75) is 56.3 Å². The number of carbonyl (C=O) groups excluding carboxylic acids is 2. The van der Waals surface area contributed by atoms with E-state index in [1.54, 1.807) is 0 Å². The van der Waals surface area contributed by atoms with E-state index in [0.29, 0.717) is 5.56 Å². The Hall–Kier alpha value is -2.46. The van der Waals surface area contributed by atoms with Crippen LogP contribution < -0.4 is 4.90 Å². The highest BCUT2D eigenvalue weighted by molar-refractivity contribution is 6.10. The summed E-state index contributed by atoms with van der Waals surface area (Å²) in [7, 11) is 0. The second-order valence-corrected chi connectivity index (χ2v) is 8.90. The molecule has 6 rings (SSSR count). The van der Waals surface area contributed by atoms with Crippen molar-refractivity contribution >= 4 is 17.4 Å². The second-order valence-electron chi connectivity index (χ2n) is 8.90. The zero-order valence-corrected chi connectivity index (χ0v) is 15.9. The van der Waals surface area contributed by atoms with Crippen molar-refractivity contribution < 1.29 is 14.3 Å². The number of hydrogen-bond donors (Lipinski definition) is 0. The molecule has 0 unspecified atom stereocenters. The van der Waals surface area contributed by atoms with Crippen LogP contribution in [0.1, 0.15) is 54.4 Å². The number of benzene rings is 2. The topological polar surface area (TPSA) is 46.6 Å². The number of ether oxygens (including phenoxy) is 1. The SMILES string of the molecule is C[C@@]12CCCC[C@]13O[C@H](C2=O)[C@@H]1[C@H]3c2ccccc2N1C(=O)c1ccccc1. The molecule has 1 spiro atoms. The van der Waals surface area contributed by atoms with Crippen molar-refractivity contribution in [3.8, 4) is 0 Å². The number of rotatable bonds is 1. The van der Waals surface area contributed by atoms with Crippen LogP contribution in [0, 0.1) is 5.41 Å². The smallest absolute Gasteiger partial charge is 0.258 e. The molecule has 2 bridgehead atoms. The minimum Gasteiger partial charge on any atom is -0.360 e. The van der Waals surface area contributed by atoms with Crippen molar-refractivity contribution in [3.63, 3.8) is 0 Å². The Morgan fingerprint density at radius 2 is 1.75 bits per heavy atom. The molecule has 3 fully saturated rings. The highest BCUT2D eigenvalue weighted by Crippen LogP contribution is 2.69. The highest BCUT2D eigenvalue weighted by atomic mass is 16.5. The summed E-state index contributed by atoms with van der Waals surface area (Å²) >= 11 is 0. The van der Waals surface area contributed by atoms with E-state index in [1.165, 1.54) is 5.56 Å². The third-order valence-corrected chi connectivity index (χ3v) is 7.77. The van der Waals surface area contributed by atoms with E-state index >= 15 is 0 Å². The highest BCUT2D eigenvalue weighted by Gasteiger charge is 2.77. The Morgan fingerprint density at radius 1 is 1.04 bits per heavy atom. The molecule has 1 aliphatic carbocycles. The normalized spacial score (nSPS) is 37.5. The van der Waals surface area contributed by atoms with Crippen molar-refractivity contribution in [3.05, 3.63) is 65.7 Å². The van der Waals surface area contributed by atoms with Gasteiger partial charge in [0.25, 0.3) is 5.91 Å². The molecule has 4 nitrogen and oxygen atoms in total. The van der Waals surface area contributed by atoms with Gasteiger partial charge < -0.3 is 9.64 Å². The van der Waals surface area contributed by atoms with Gasteiger partial charge in [0.1, 0.15) is 6.10 Å². The number of hydrogen-bond acceptors (Lipinski definition) is 3. The Morgan fingerprint density at radius 3 is 2.57 bits per heavy atom. The van der Waals surface area contributed by atoms with Crippen LogP contribution in [0.25, 0.3) is 0 Å². The first kappa shape index (κ1) is 16.5. The summed E-state index contributed by atoms with van der Waals surface area (Å²) in [5.41, 5.74) is 1.86. The largest absolute Gasteiger partial charge is 0.360 e. The zero-order chi connectivity index (χ0) is 19.1. The average Bonchev–Trinajstić information content (AvgIpc) is 3.32. The summed E-state index contributed by atoms with van der Waals surface area (Å²) in [6, 6.07) is 17.3. The Kier molecular flexibility index (Phi) is 3.14. The Labute approximate surface area is 164 Å². The fraction of sp³-hybridized carbons (Fsp3) is 0.417. The van der Waals surface area contributed by atoms with Crippen molar-refractivity contribution in [2.75, 3.05) is 4.90 Å². The van der Waals surface area contributed by atoms with Crippen molar-refractivity contribution in [1.29, 1.82) is 0 Å². The van der Waals surface area contributed by atoms with Gasteiger partial charge in [-0.2, -0.15) is 0 Å². The minimum atomic E-state index is -0.520. The van der Waals surface area contributed by atoms with Crippen molar-refractivity contribution in [1.82, 2.24) is 0 Å². The van der Waals surface area contributed by atoms with E-state index in [2.05, 4.69) is 13.0 Å². The standard InChI is InChI=1S/C24H23NO3/c1-23-13-7-8-14-24(23)18-16-11-5-6-12-17(16)25(19(18)20(28-24)21(23)26)22(27)15-9-3-2-4-10-15/h2-6,9-12,18-20H,7-8,13-14H2,1H3/t18-,19+,20+,23+,24-/m1/s1. The van der Waals surface area contributed by atoms with Gasteiger partial charge in [-0.05, 0) is 43.5 Å². The van der Waals surface area contributed by atoms with Crippen LogP contribution in [0.2, 0.25) is 0 Å². The first-order valence-electron chi connectivity index (χ1n) is 10.3. The lowest BCUT2D eigenvalue weighted by Gasteiger charge is -2.49. The molecule has 3 heterocycles. The molecule has 28 heavy (non-hydrogen) atoms. The fourth-order valence-electron chi connectivity index (χ4n) is 6.53. The number of carbonyl (C=O) groups is 2. The molecule has 0 radical (unpaired) electrons. The monoisotopic (exact) mass is 373 g/mol. The number of nitrogens with zero attached hydrogens (tertiary/aromatic N) is 1. The third kappa shape index (κ3) is 1.71. The molecule has 5 atom stereocenters. The number of anilines is 1. The van der Waals surface area contributed by atoms with Gasteiger partial charge in [0.15, 0.2) is 5.78 Å². The quantitative estimate of drug-likeness (QED) is 0.756. The van der Waals surface area contributed by atoms with Gasteiger partial charge in [-0.3, -0.25) is 9.59 Å². The van der Waals surface area contributed by atoms with Crippen LogP contribution in [0.3, 0.4) is 0 Å². The number of fused-ring (bicyclic) bond motifs is 5. The molecule has 4 heteroatoms. The van der Waals surface area contributed by atoms with Gasteiger partial charge >= 0.3 is 0 Å². The first-order valence-corrected chi connectivity index (χ1v) is 10.3. The molecule has 2 aromatic carbocycles. The maximum Gasteiger partial charge on any atom is 0.258 e. The van der Waals surface area contributed by atoms with Crippen LogP contribution >= 0.6 is 0 Å². The van der Waals surface area contributed by atoms with Crippen LogP contribution in [0.5, 0.6) is 0 Å². The maximum atomic E-state index is 13.5. The van der Waals surface area contributed by atoms with Crippen molar-refractivity contribution in [2.24, 2.45) is 5.41 Å². The van der Waals surface area contributed by atoms with Gasteiger partial charge in [0.05, 0.1) is 17.1 Å². The molecule has 2 aromatic rings. The van der Waals surface area contributed by atoms with E-state index in [-0.39, 0.29) is 23.7 Å². The van der Waals surface area contributed by atoms with E-state index < -0.39 is 17.1 Å². The molecule has 0 N–H and O–H groups in total. The number of amides is 1. The van der Waals surface area contributed by atoms with Gasteiger partial charge in [0, 0.05) is 17.2 Å². The van der Waals surface area contributed by atoms with Gasteiger partial charge in [-0.25, -0.2) is 0 Å². The van der Waals surface area contributed by atoms with Crippen LogP contribution in [-0.4, -0.2) is 29.4 Å². The Balaban J connectivity index is 1.54. The fourth-order valence-corrected chi connectivity index (χ4v) is 6.53. The minimum absolute atomic E-state index is 0.0431. The first-order chi connectivity index (χ1) is 13.6. The molecule has 142 valence electrons. The second kappa shape index (κ2) is 5.32. The molecular formula is C24H23NO3. The number of para-hydroxylation sites is 1. The summed E-state index contributed by atoms with van der Waals surface area (Å²) in [5.74, 6) is 0.231. The predicted molar refractivity (Wildman–Crippen MR) is 105 cm³/mol. The van der Waals surface area contributed by atoms with Gasteiger partial charge in [0.2, 0.25) is 0 Å². The summed E-state index contributed by atoms with van der Waals surface area (Å²) in [5, 5.41) is 0. The third-order valence-electron chi connectivity index (χ3n) is 7.77. The average molecular weight is 373 g/mol. The van der Waals surface area contributed by atoms with E-state index in [9.17, 15) is 9.59 Å². The zero-order valence-electron chi connectivity index (χ0n) is 15.9. The Bertz CT molecular complexity index is 1000. The molecular weight excluding hydrogens is 350 g/mol. The van der Waals surface area contributed by atoms with Gasteiger partial charge in [-0.1, -0.05) is 49.2 Å². The molecule has 1 saturated carbocycles. The molecule has 2 saturated heterocycles. The number of ketones is 1. The summed E-state index contributed by atoms with van der Waals surface area (Å²) < 4.78 is 6.58. The predicted octanol–water partition coefficient (Wildman–Crippen LogP) is 4.10. The van der Waals surface area contributed by atoms with E-state index in [0.717, 1.165) is 31.4 Å². The van der Waals surface area contributed by atoms with E-state index in [4.69, 9.17) is 4.74 Å². The van der Waals surface area contributed by atoms with Crippen LogP contribution in [0.15, 0.2) is 54.6 Å². The lowest BCUT2D eigenvalue weighted by molar-refractivity contribution is -0.133. The molecule has 1 amide bonds.